The minimum Gasteiger partial charge on any atom is -0.320 e. The van der Waals surface area contributed by atoms with Gasteiger partial charge in [0.25, 0.3) is 0 Å². The van der Waals surface area contributed by atoms with E-state index in [2.05, 4.69) is 11.8 Å². The quantitative estimate of drug-likeness (QED) is 0.622. The molecule has 4 nitrogen and oxygen atoms in total. The monoisotopic (exact) mass is 270 g/mol. The Bertz CT molecular complexity index is 636. The molecule has 1 aliphatic heterocycles. The van der Waals surface area contributed by atoms with Gasteiger partial charge in [-0.3, -0.25) is 14.5 Å². The molecule has 2 rings (SSSR count). The molecule has 0 spiro atoms. The van der Waals surface area contributed by atoms with E-state index in [-0.39, 0.29) is 18.2 Å². The van der Waals surface area contributed by atoms with E-state index in [4.69, 9.17) is 5.73 Å². The average molecular weight is 270 g/mol. The second-order valence-corrected chi connectivity index (χ2v) is 5.60. The molecule has 0 saturated carbocycles. The molecule has 0 radical (unpaired) electrons. The Morgan fingerprint density at radius 3 is 2.55 bits per heavy atom. The third-order valence-corrected chi connectivity index (χ3v) is 3.42. The number of aryl methyl sites for hydroxylation is 1. The van der Waals surface area contributed by atoms with Gasteiger partial charge in [0, 0.05) is 12.0 Å². The van der Waals surface area contributed by atoms with E-state index in [1.54, 1.807) is 19.9 Å². The number of nitrogens with zero attached hydrogens (tertiary/aromatic N) is 1. The van der Waals surface area contributed by atoms with Crippen LogP contribution >= 0.6 is 0 Å². The number of carbonyl (C=O) groups is 2. The van der Waals surface area contributed by atoms with Crippen LogP contribution in [0.15, 0.2) is 18.2 Å². The Morgan fingerprint density at radius 2 is 2.05 bits per heavy atom. The predicted octanol–water partition coefficient (Wildman–Crippen LogP) is 1.59. The number of nitrogens with two attached hydrogens (primary N) is 1. The van der Waals surface area contributed by atoms with Crippen LogP contribution in [0.3, 0.4) is 0 Å². The second-order valence-electron chi connectivity index (χ2n) is 5.60. The standard InChI is InChI=1S/C16H18N2O2/c1-11-9-13(7-6-12(11)5-4-8-17)18-14(19)10-16(2,3)15(18)20/h6-7,9H,8,10,17H2,1-3H3. The van der Waals surface area contributed by atoms with E-state index >= 15 is 0 Å². The highest BCUT2D eigenvalue weighted by molar-refractivity contribution is 6.22. The molecule has 104 valence electrons. The van der Waals surface area contributed by atoms with Crippen molar-refractivity contribution < 1.29 is 9.59 Å². The first kappa shape index (κ1) is 14.3. The van der Waals surface area contributed by atoms with E-state index < -0.39 is 5.41 Å². The molecule has 20 heavy (non-hydrogen) atoms. The number of carbonyl (C=O) groups excluding carboxylic acids is 2. The fourth-order valence-corrected chi connectivity index (χ4v) is 2.28. The number of hydrogen-bond acceptors (Lipinski definition) is 3. The van der Waals surface area contributed by atoms with Gasteiger partial charge >= 0.3 is 0 Å². The van der Waals surface area contributed by atoms with Gasteiger partial charge in [-0.1, -0.05) is 25.7 Å². The molecule has 1 aliphatic rings. The molecule has 0 atom stereocenters. The Kier molecular flexibility index (Phi) is 3.65. The molecule has 0 bridgehead atoms. The van der Waals surface area contributed by atoms with Crippen molar-refractivity contribution in [2.75, 3.05) is 11.4 Å². The molecule has 1 aromatic rings. The summed E-state index contributed by atoms with van der Waals surface area (Å²) in [5.74, 6) is 5.46. The fraction of sp³-hybridized carbons (Fsp3) is 0.375. The summed E-state index contributed by atoms with van der Waals surface area (Å²) in [4.78, 5) is 25.6. The first-order valence-electron chi connectivity index (χ1n) is 6.54. The van der Waals surface area contributed by atoms with Crippen LogP contribution in [0, 0.1) is 24.2 Å². The van der Waals surface area contributed by atoms with E-state index in [0.29, 0.717) is 12.2 Å². The van der Waals surface area contributed by atoms with Gasteiger partial charge in [0.15, 0.2) is 0 Å². The Hall–Kier alpha value is -2.12. The van der Waals surface area contributed by atoms with Crippen molar-refractivity contribution in [2.45, 2.75) is 27.2 Å². The number of benzene rings is 1. The van der Waals surface area contributed by atoms with Gasteiger partial charge in [0.1, 0.15) is 0 Å². The van der Waals surface area contributed by atoms with Crippen LogP contribution in [0.4, 0.5) is 5.69 Å². The Labute approximate surface area is 118 Å². The smallest absolute Gasteiger partial charge is 0.239 e. The molecule has 1 saturated heterocycles. The molecule has 0 aliphatic carbocycles. The summed E-state index contributed by atoms with van der Waals surface area (Å²) in [7, 11) is 0. The third-order valence-electron chi connectivity index (χ3n) is 3.42. The number of imide groups is 1. The van der Waals surface area contributed by atoms with Crippen molar-refractivity contribution in [1.29, 1.82) is 0 Å². The van der Waals surface area contributed by atoms with Gasteiger partial charge in [-0.05, 0) is 30.7 Å². The maximum atomic E-state index is 12.3. The highest BCUT2D eigenvalue weighted by atomic mass is 16.2. The van der Waals surface area contributed by atoms with E-state index in [0.717, 1.165) is 11.1 Å². The van der Waals surface area contributed by atoms with E-state index in [1.165, 1.54) is 4.90 Å². The summed E-state index contributed by atoms with van der Waals surface area (Å²) >= 11 is 0. The SMILES string of the molecule is Cc1cc(N2C(=O)CC(C)(C)C2=O)ccc1C#CCN. The molecular formula is C16H18N2O2. The third kappa shape index (κ3) is 2.45. The topological polar surface area (TPSA) is 63.4 Å². The van der Waals surface area contributed by atoms with Crippen molar-refractivity contribution >= 4 is 17.5 Å². The summed E-state index contributed by atoms with van der Waals surface area (Å²) in [6, 6.07) is 5.39. The van der Waals surface area contributed by atoms with Gasteiger partial charge in [-0.25, -0.2) is 0 Å². The molecule has 0 aromatic heterocycles. The minimum absolute atomic E-state index is 0.150. The van der Waals surface area contributed by atoms with E-state index in [9.17, 15) is 9.59 Å². The molecular weight excluding hydrogens is 252 g/mol. The maximum absolute atomic E-state index is 12.3. The van der Waals surface area contributed by atoms with Crippen molar-refractivity contribution in [2.24, 2.45) is 11.1 Å². The normalized spacial score (nSPS) is 17.1. The molecule has 2 N–H and O–H groups in total. The molecule has 1 aromatic carbocycles. The first-order valence-corrected chi connectivity index (χ1v) is 6.54. The minimum atomic E-state index is -0.622. The Balaban J connectivity index is 2.38. The van der Waals surface area contributed by atoms with Crippen LogP contribution in [0.1, 0.15) is 31.4 Å². The Morgan fingerprint density at radius 1 is 1.35 bits per heavy atom. The fourth-order valence-electron chi connectivity index (χ4n) is 2.28. The molecule has 2 amide bonds. The largest absolute Gasteiger partial charge is 0.320 e. The highest BCUT2D eigenvalue weighted by Gasteiger charge is 2.45. The van der Waals surface area contributed by atoms with Crippen molar-refractivity contribution in [3.8, 4) is 11.8 Å². The zero-order chi connectivity index (χ0) is 14.9. The number of anilines is 1. The lowest BCUT2D eigenvalue weighted by atomic mass is 9.92. The van der Waals surface area contributed by atoms with Crippen LogP contribution in [-0.4, -0.2) is 18.4 Å². The van der Waals surface area contributed by atoms with Crippen molar-refractivity contribution in [1.82, 2.24) is 0 Å². The number of rotatable bonds is 1. The lowest BCUT2D eigenvalue weighted by molar-refractivity contribution is -0.124. The lowest BCUT2D eigenvalue weighted by Crippen LogP contribution is -2.33. The molecule has 0 unspecified atom stereocenters. The summed E-state index contributed by atoms with van der Waals surface area (Å²) in [6.45, 7) is 5.79. The van der Waals surface area contributed by atoms with E-state index in [1.807, 2.05) is 19.1 Å². The number of hydrogen-bond donors (Lipinski definition) is 1. The van der Waals surface area contributed by atoms with Crippen molar-refractivity contribution in [3.63, 3.8) is 0 Å². The van der Waals surface area contributed by atoms with Gasteiger partial charge in [-0.2, -0.15) is 0 Å². The van der Waals surface area contributed by atoms with Crippen LogP contribution in [0.5, 0.6) is 0 Å². The summed E-state index contributed by atoms with van der Waals surface area (Å²) in [6.07, 6.45) is 0.250. The van der Waals surface area contributed by atoms with Gasteiger partial charge < -0.3 is 5.73 Å². The highest BCUT2D eigenvalue weighted by Crippen LogP contribution is 2.35. The van der Waals surface area contributed by atoms with Crippen LogP contribution in [-0.2, 0) is 9.59 Å². The average Bonchev–Trinajstić information content (AvgIpc) is 2.57. The molecule has 4 heteroatoms. The summed E-state index contributed by atoms with van der Waals surface area (Å²) in [5, 5.41) is 0. The molecule has 1 fully saturated rings. The van der Waals surface area contributed by atoms with Crippen molar-refractivity contribution in [3.05, 3.63) is 29.3 Å². The zero-order valence-corrected chi connectivity index (χ0v) is 12.0. The summed E-state index contributed by atoms with van der Waals surface area (Å²) in [5.41, 5.74) is 7.12. The predicted molar refractivity (Wildman–Crippen MR) is 78.0 cm³/mol. The van der Waals surface area contributed by atoms with Gasteiger partial charge in [0.2, 0.25) is 11.8 Å². The summed E-state index contributed by atoms with van der Waals surface area (Å²) < 4.78 is 0. The number of amides is 2. The van der Waals surface area contributed by atoms with Crippen LogP contribution in [0.2, 0.25) is 0 Å². The van der Waals surface area contributed by atoms with Crippen LogP contribution in [0.25, 0.3) is 0 Å². The second kappa shape index (κ2) is 5.10. The van der Waals surface area contributed by atoms with Gasteiger partial charge in [-0.15, -0.1) is 0 Å². The first-order chi connectivity index (χ1) is 9.36. The zero-order valence-electron chi connectivity index (χ0n) is 12.0. The van der Waals surface area contributed by atoms with Gasteiger partial charge in [0.05, 0.1) is 17.6 Å². The van der Waals surface area contributed by atoms with Crippen LogP contribution < -0.4 is 10.6 Å². The lowest BCUT2D eigenvalue weighted by Gasteiger charge is -2.18. The maximum Gasteiger partial charge on any atom is 0.239 e. The molecule has 1 heterocycles.